The number of thiocarbonyl (C=S) groups is 1. The van der Waals surface area contributed by atoms with Crippen molar-refractivity contribution in [1.29, 1.82) is 0 Å². The highest BCUT2D eigenvalue weighted by atomic mass is 35.5. The van der Waals surface area contributed by atoms with Gasteiger partial charge >= 0.3 is 0 Å². The highest BCUT2D eigenvalue weighted by molar-refractivity contribution is 7.80. The van der Waals surface area contributed by atoms with E-state index in [1.165, 1.54) is 18.5 Å². The Hall–Kier alpha value is -3.10. The molecule has 0 atom stereocenters. The molecule has 0 amide bonds. The van der Waals surface area contributed by atoms with Crippen molar-refractivity contribution in [2.24, 2.45) is 5.92 Å². The maximum absolute atomic E-state index is 6.30. The Morgan fingerprint density at radius 3 is 2.14 bits per heavy atom. The smallest absolute Gasteiger partial charge is 0.232 e. The Balaban J connectivity index is 1.30. The molecule has 3 aromatic rings. The lowest BCUT2D eigenvalue weighted by Gasteiger charge is -2.37. The number of halogens is 1. The van der Waals surface area contributed by atoms with Crippen molar-refractivity contribution in [2.45, 2.75) is 26.3 Å². The summed E-state index contributed by atoms with van der Waals surface area (Å²) >= 11 is 11.9. The van der Waals surface area contributed by atoms with Crippen molar-refractivity contribution in [3.05, 3.63) is 71.2 Å². The zero-order valence-corrected chi connectivity index (χ0v) is 22.8. The molecule has 2 fully saturated rings. The van der Waals surface area contributed by atoms with Crippen molar-refractivity contribution in [3.63, 3.8) is 0 Å². The van der Waals surface area contributed by atoms with Crippen LogP contribution in [0.3, 0.4) is 0 Å². The molecule has 2 N–H and O–H groups in total. The summed E-state index contributed by atoms with van der Waals surface area (Å²) in [5.74, 6) is 3.17. The first kappa shape index (κ1) is 25.5. The molecule has 9 heteroatoms. The van der Waals surface area contributed by atoms with Crippen LogP contribution < -0.4 is 25.3 Å². The van der Waals surface area contributed by atoms with Gasteiger partial charge in [-0.25, -0.2) is 0 Å². The number of aromatic nitrogens is 2. The minimum atomic E-state index is 0.476. The fraction of sp³-hybridized carbons (Fsp3) is 0.393. The molecule has 2 aliphatic heterocycles. The van der Waals surface area contributed by atoms with E-state index < -0.39 is 0 Å². The lowest BCUT2D eigenvalue weighted by Crippen LogP contribution is -2.47. The Morgan fingerprint density at radius 1 is 0.865 bits per heavy atom. The molecule has 0 bridgehead atoms. The first-order chi connectivity index (χ1) is 18.0. The van der Waals surface area contributed by atoms with E-state index >= 15 is 0 Å². The van der Waals surface area contributed by atoms with Crippen LogP contribution in [-0.4, -0.2) is 54.3 Å². The van der Waals surface area contributed by atoms with Gasteiger partial charge in [0.25, 0.3) is 0 Å². The molecule has 5 rings (SSSR count). The standard InChI is InChI=1S/C28H34ClN7S/c1-21-11-13-35(14-12-21)25-19-26(36-17-15-34(16-18-36)23-8-3-2-4-9-23)32-27(31-25)33-28(37)30-20-22-7-5-6-10-24(22)29/h2-10,19,21H,11-18,20H2,1H3,(H2,30,31,32,33,37). The second-order valence-corrected chi connectivity index (χ2v) is 10.6. The van der Waals surface area contributed by atoms with Gasteiger partial charge in [0, 0.05) is 62.6 Å². The van der Waals surface area contributed by atoms with Gasteiger partial charge in [-0.3, -0.25) is 0 Å². The van der Waals surface area contributed by atoms with E-state index in [9.17, 15) is 0 Å². The van der Waals surface area contributed by atoms with Gasteiger partial charge in [0.2, 0.25) is 5.95 Å². The molecule has 0 saturated carbocycles. The molecule has 37 heavy (non-hydrogen) atoms. The second-order valence-electron chi connectivity index (χ2n) is 9.79. The average Bonchev–Trinajstić information content (AvgIpc) is 2.93. The van der Waals surface area contributed by atoms with Crippen molar-refractivity contribution < 1.29 is 0 Å². The third kappa shape index (κ3) is 6.62. The molecule has 7 nitrogen and oxygen atoms in total. The third-order valence-electron chi connectivity index (χ3n) is 7.15. The second kappa shape index (κ2) is 12.0. The van der Waals surface area contributed by atoms with Crippen LogP contribution in [0, 0.1) is 5.92 Å². The summed E-state index contributed by atoms with van der Waals surface area (Å²) in [7, 11) is 0. The van der Waals surface area contributed by atoms with Gasteiger partial charge < -0.3 is 25.3 Å². The number of piperazine rings is 1. The van der Waals surface area contributed by atoms with Crippen molar-refractivity contribution >= 4 is 52.2 Å². The summed E-state index contributed by atoms with van der Waals surface area (Å²) in [5, 5.41) is 7.65. The molecule has 3 heterocycles. The Labute approximate surface area is 229 Å². The number of anilines is 4. The first-order valence-corrected chi connectivity index (χ1v) is 13.8. The Morgan fingerprint density at radius 2 is 1.46 bits per heavy atom. The zero-order chi connectivity index (χ0) is 25.6. The fourth-order valence-corrected chi connectivity index (χ4v) is 5.20. The number of para-hydroxylation sites is 1. The quantitative estimate of drug-likeness (QED) is 0.419. The Kier molecular flexibility index (Phi) is 8.26. The van der Waals surface area contributed by atoms with Gasteiger partial charge in [-0.1, -0.05) is 54.9 Å². The number of nitrogens with zero attached hydrogens (tertiary/aromatic N) is 5. The number of hydrogen-bond donors (Lipinski definition) is 2. The summed E-state index contributed by atoms with van der Waals surface area (Å²) in [6, 6.07) is 20.5. The van der Waals surface area contributed by atoms with E-state index in [1.807, 2.05) is 24.3 Å². The topological polar surface area (TPSA) is 59.6 Å². The van der Waals surface area contributed by atoms with Gasteiger partial charge in [0.1, 0.15) is 11.6 Å². The molecule has 1 aromatic heterocycles. The first-order valence-electron chi connectivity index (χ1n) is 13.0. The van der Waals surface area contributed by atoms with E-state index in [4.69, 9.17) is 33.8 Å². The number of rotatable bonds is 6. The molecular weight excluding hydrogens is 502 g/mol. The largest absolute Gasteiger partial charge is 0.368 e. The SMILES string of the molecule is CC1CCN(c2cc(N3CCN(c4ccccc4)CC3)nc(NC(=S)NCc3ccccc3Cl)n2)CC1. The van der Waals surface area contributed by atoms with E-state index in [1.54, 1.807) is 0 Å². The van der Waals surface area contributed by atoms with E-state index in [0.29, 0.717) is 22.6 Å². The molecule has 194 valence electrons. The molecule has 0 unspecified atom stereocenters. The predicted molar refractivity (Wildman–Crippen MR) is 158 cm³/mol. The predicted octanol–water partition coefficient (Wildman–Crippen LogP) is 5.18. The number of piperidine rings is 1. The van der Waals surface area contributed by atoms with Crippen LogP contribution in [0.4, 0.5) is 23.3 Å². The number of hydrogen-bond acceptors (Lipinski definition) is 6. The van der Waals surface area contributed by atoms with Gasteiger partial charge in [-0.15, -0.1) is 0 Å². The van der Waals surface area contributed by atoms with Crippen LogP contribution in [0.15, 0.2) is 60.7 Å². The normalized spacial score (nSPS) is 16.5. The molecular formula is C28H34ClN7S. The monoisotopic (exact) mass is 535 g/mol. The lowest BCUT2D eigenvalue weighted by atomic mass is 9.99. The van der Waals surface area contributed by atoms with Gasteiger partial charge in [-0.2, -0.15) is 9.97 Å². The minimum Gasteiger partial charge on any atom is -0.368 e. The fourth-order valence-electron chi connectivity index (χ4n) is 4.84. The Bertz CT molecular complexity index is 1190. The average molecular weight is 536 g/mol. The van der Waals surface area contributed by atoms with Crippen LogP contribution in [-0.2, 0) is 6.54 Å². The summed E-state index contributed by atoms with van der Waals surface area (Å²) in [6.45, 7) is 8.57. The van der Waals surface area contributed by atoms with Gasteiger partial charge in [0.15, 0.2) is 5.11 Å². The van der Waals surface area contributed by atoms with Crippen LogP contribution in [0.1, 0.15) is 25.3 Å². The molecule has 2 aliphatic rings. The lowest BCUT2D eigenvalue weighted by molar-refractivity contribution is 0.436. The van der Waals surface area contributed by atoms with Crippen molar-refractivity contribution in [1.82, 2.24) is 15.3 Å². The van der Waals surface area contributed by atoms with Crippen molar-refractivity contribution in [3.8, 4) is 0 Å². The summed E-state index contributed by atoms with van der Waals surface area (Å²) < 4.78 is 0. The highest BCUT2D eigenvalue weighted by Gasteiger charge is 2.23. The van der Waals surface area contributed by atoms with Gasteiger partial charge in [0.05, 0.1) is 0 Å². The third-order valence-corrected chi connectivity index (χ3v) is 7.77. The van der Waals surface area contributed by atoms with E-state index in [0.717, 1.165) is 62.4 Å². The van der Waals surface area contributed by atoms with Crippen LogP contribution >= 0.6 is 23.8 Å². The maximum Gasteiger partial charge on any atom is 0.232 e. The zero-order valence-electron chi connectivity index (χ0n) is 21.2. The molecule has 0 radical (unpaired) electrons. The van der Waals surface area contributed by atoms with Crippen LogP contribution in [0.25, 0.3) is 0 Å². The molecule has 2 saturated heterocycles. The van der Waals surface area contributed by atoms with Gasteiger partial charge in [-0.05, 0) is 54.7 Å². The molecule has 2 aromatic carbocycles. The number of nitrogens with one attached hydrogen (secondary N) is 2. The maximum atomic E-state index is 6.30. The van der Waals surface area contributed by atoms with Crippen LogP contribution in [0.2, 0.25) is 5.02 Å². The minimum absolute atomic E-state index is 0.476. The molecule has 0 aliphatic carbocycles. The molecule has 0 spiro atoms. The summed E-state index contributed by atoms with van der Waals surface area (Å²) in [6.07, 6.45) is 2.35. The van der Waals surface area contributed by atoms with Crippen LogP contribution in [0.5, 0.6) is 0 Å². The summed E-state index contributed by atoms with van der Waals surface area (Å²) in [4.78, 5) is 16.9. The highest BCUT2D eigenvalue weighted by Crippen LogP contribution is 2.27. The van der Waals surface area contributed by atoms with E-state index in [2.05, 4.69) is 68.7 Å². The number of benzene rings is 2. The van der Waals surface area contributed by atoms with Crippen molar-refractivity contribution in [2.75, 3.05) is 59.3 Å². The van der Waals surface area contributed by atoms with E-state index in [-0.39, 0.29) is 0 Å². The summed E-state index contributed by atoms with van der Waals surface area (Å²) in [5.41, 5.74) is 2.26.